The van der Waals surface area contributed by atoms with Crippen LogP contribution < -0.4 is 10.2 Å². The lowest BCUT2D eigenvalue weighted by Gasteiger charge is -2.21. The van der Waals surface area contributed by atoms with E-state index in [9.17, 15) is 4.79 Å². The van der Waals surface area contributed by atoms with Crippen molar-refractivity contribution in [3.63, 3.8) is 0 Å². The molecule has 0 bridgehead atoms. The molecule has 0 unspecified atom stereocenters. The average molecular weight is 216 g/mol. The number of carbonyl (C=O) groups is 1. The number of rotatable bonds is 5. The molecule has 0 aliphatic heterocycles. The van der Waals surface area contributed by atoms with Crippen LogP contribution in [0, 0.1) is 0 Å². The lowest BCUT2D eigenvalue weighted by Crippen LogP contribution is -2.40. The first-order valence-electron chi connectivity index (χ1n) is 5.11. The van der Waals surface area contributed by atoms with E-state index in [0.29, 0.717) is 13.1 Å². The molecule has 0 atom stereocenters. The molecule has 0 fully saturated rings. The Morgan fingerprint density at radius 1 is 1.25 bits per heavy atom. The standard InChI is InChI=1S/C13H16N2O/c1-3-10-14-13(16)15(11-4-2)12-8-6-5-7-9-12/h3-9H,1-2,10-11H2,(H,14,16). The Labute approximate surface area is 96.1 Å². The zero-order chi connectivity index (χ0) is 11.8. The molecule has 2 amide bonds. The number of amides is 2. The SMILES string of the molecule is C=CCNC(=O)N(CC=C)c1ccccc1. The van der Waals surface area contributed by atoms with Gasteiger partial charge in [0.25, 0.3) is 0 Å². The summed E-state index contributed by atoms with van der Waals surface area (Å²) in [6.07, 6.45) is 3.34. The lowest BCUT2D eigenvalue weighted by atomic mass is 10.3. The summed E-state index contributed by atoms with van der Waals surface area (Å²) in [6.45, 7) is 8.14. The molecule has 0 aliphatic rings. The number of hydrogen-bond acceptors (Lipinski definition) is 1. The Bertz CT molecular complexity index is 359. The van der Waals surface area contributed by atoms with Gasteiger partial charge >= 0.3 is 6.03 Å². The molecule has 0 spiro atoms. The molecule has 1 aromatic carbocycles. The summed E-state index contributed by atoms with van der Waals surface area (Å²) < 4.78 is 0. The Morgan fingerprint density at radius 2 is 1.94 bits per heavy atom. The fraction of sp³-hybridized carbons (Fsp3) is 0.154. The second-order valence-electron chi connectivity index (χ2n) is 3.21. The minimum atomic E-state index is -0.147. The zero-order valence-corrected chi connectivity index (χ0v) is 9.23. The van der Waals surface area contributed by atoms with E-state index in [2.05, 4.69) is 18.5 Å². The number of hydrogen-bond donors (Lipinski definition) is 1. The molecule has 0 aromatic heterocycles. The van der Waals surface area contributed by atoms with Gasteiger partial charge in [-0.05, 0) is 12.1 Å². The molecule has 0 saturated heterocycles. The number of urea groups is 1. The normalized spacial score (nSPS) is 9.25. The van der Waals surface area contributed by atoms with E-state index in [-0.39, 0.29) is 6.03 Å². The largest absolute Gasteiger partial charge is 0.334 e. The minimum Gasteiger partial charge on any atom is -0.334 e. The van der Waals surface area contributed by atoms with Crippen molar-refractivity contribution in [2.24, 2.45) is 0 Å². The predicted molar refractivity (Wildman–Crippen MR) is 67.6 cm³/mol. The predicted octanol–water partition coefficient (Wildman–Crippen LogP) is 2.57. The van der Waals surface area contributed by atoms with E-state index in [1.807, 2.05) is 30.3 Å². The topological polar surface area (TPSA) is 32.3 Å². The van der Waals surface area contributed by atoms with Gasteiger partial charge in [-0.25, -0.2) is 4.79 Å². The van der Waals surface area contributed by atoms with Gasteiger partial charge in [0.05, 0.1) is 0 Å². The van der Waals surface area contributed by atoms with Gasteiger partial charge in [-0.2, -0.15) is 0 Å². The third-order valence-electron chi connectivity index (χ3n) is 2.02. The fourth-order valence-electron chi connectivity index (χ4n) is 1.30. The molecule has 1 N–H and O–H groups in total. The van der Waals surface area contributed by atoms with Crippen molar-refractivity contribution in [3.8, 4) is 0 Å². The zero-order valence-electron chi connectivity index (χ0n) is 9.23. The van der Waals surface area contributed by atoms with E-state index < -0.39 is 0 Å². The summed E-state index contributed by atoms with van der Waals surface area (Å²) in [4.78, 5) is 13.4. The van der Waals surface area contributed by atoms with E-state index in [4.69, 9.17) is 0 Å². The number of nitrogens with zero attached hydrogens (tertiary/aromatic N) is 1. The number of anilines is 1. The highest BCUT2D eigenvalue weighted by molar-refractivity contribution is 5.92. The third-order valence-corrected chi connectivity index (χ3v) is 2.02. The highest BCUT2D eigenvalue weighted by atomic mass is 16.2. The van der Waals surface area contributed by atoms with Crippen LogP contribution in [0.4, 0.5) is 10.5 Å². The fourth-order valence-corrected chi connectivity index (χ4v) is 1.30. The van der Waals surface area contributed by atoms with Gasteiger partial charge in [0.15, 0.2) is 0 Å². The maximum Gasteiger partial charge on any atom is 0.322 e. The Balaban J connectivity index is 2.78. The molecule has 3 nitrogen and oxygen atoms in total. The first-order valence-corrected chi connectivity index (χ1v) is 5.11. The van der Waals surface area contributed by atoms with Gasteiger partial charge in [-0.15, -0.1) is 13.2 Å². The van der Waals surface area contributed by atoms with Crippen LogP contribution in [0.5, 0.6) is 0 Å². The van der Waals surface area contributed by atoms with Crippen molar-refractivity contribution in [1.29, 1.82) is 0 Å². The monoisotopic (exact) mass is 216 g/mol. The van der Waals surface area contributed by atoms with Crippen molar-refractivity contribution in [2.75, 3.05) is 18.0 Å². The molecule has 0 heterocycles. The summed E-state index contributed by atoms with van der Waals surface area (Å²) in [5.41, 5.74) is 0.851. The second kappa shape index (κ2) is 6.45. The summed E-state index contributed by atoms with van der Waals surface area (Å²) in [7, 11) is 0. The van der Waals surface area contributed by atoms with Crippen molar-refractivity contribution < 1.29 is 4.79 Å². The van der Waals surface area contributed by atoms with Crippen LogP contribution in [0.1, 0.15) is 0 Å². The van der Waals surface area contributed by atoms with Crippen LogP contribution in [0.3, 0.4) is 0 Å². The lowest BCUT2D eigenvalue weighted by molar-refractivity contribution is 0.248. The number of carbonyl (C=O) groups excluding carboxylic acids is 1. The van der Waals surface area contributed by atoms with Gasteiger partial charge < -0.3 is 5.32 Å². The molecule has 16 heavy (non-hydrogen) atoms. The minimum absolute atomic E-state index is 0.147. The van der Waals surface area contributed by atoms with Crippen LogP contribution >= 0.6 is 0 Å². The second-order valence-corrected chi connectivity index (χ2v) is 3.21. The van der Waals surface area contributed by atoms with Crippen molar-refractivity contribution >= 4 is 11.7 Å². The smallest absolute Gasteiger partial charge is 0.322 e. The summed E-state index contributed by atoms with van der Waals surface area (Å²) in [5, 5.41) is 2.74. The highest BCUT2D eigenvalue weighted by Crippen LogP contribution is 2.12. The molecule has 0 saturated carbocycles. The van der Waals surface area contributed by atoms with E-state index in [1.165, 1.54) is 0 Å². The van der Waals surface area contributed by atoms with Gasteiger partial charge in [0.2, 0.25) is 0 Å². The van der Waals surface area contributed by atoms with Crippen LogP contribution in [0.2, 0.25) is 0 Å². The van der Waals surface area contributed by atoms with E-state index in [1.54, 1.807) is 17.1 Å². The van der Waals surface area contributed by atoms with Crippen LogP contribution in [-0.2, 0) is 0 Å². The highest BCUT2D eigenvalue weighted by Gasteiger charge is 2.12. The van der Waals surface area contributed by atoms with Crippen LogP contribution in [0.15, 0.2) is 55.6 Å². The van der Waals surface area contributed by atoms with E-state index in [0.717, 1.165) is 5.69 Å². The van der Waals surface area contributed by atoms with Gasteiger partial charge in [-0.3, -0.25) is 4.90 Å². The molecule has 3 heteroatoms. The summed E-state index contributed by atoms with van der Waals surface area (Å²) in [6, 6.07) is 9.33. The first-order chi connectivity index (χ1) is 7.79. The van der Waals surface area contributed by atoms with Crippen molar-refractivity contribution in [1.82, 2.24) is 5.32 Å². The average Bonchev–Trinajstić information content (AvgIpc) is 2.34. The maximum absolute atomic E-state index is 11.8. The Kier molecular flexibility index (Phi) is 4.86. The molecule has 0 radical (unpaired) electrons. The van der Waals surface area contributed by atoms with Gasteiger partial charge in [0, 0.05) is 18.8 Å². The Hall–Kier alpha value is -2.03. The van der Waals surface area contributed by atoms with Crippen LogP contribution in [0.25, 0.3) is 0 Å². The summed E-state index contributed by atoms with van der Waals surface area (Å²) in [5.74, 6) is 0. The summed E-state index contributed by atoms with van der Waals surface area (Å²) >= 11 is 0. The number of para-hydroxylation sites is 1. The molecule has 1 rings (SSSR count). The third kappa shape index (κ3) is 3.28. The maximum atomic E-state index is 11.8. The van der Waals surface area contributed by atoms with Gasteiger partial charge in [0.1, 0.15) is 0 Å². The molecule has 0 aliphatic carbocycles. The molecular formula is C13H16N2O. The van der Waals surface area contributed by atoms with Crippen LogP contribution in [-0.4, -0.2) is 19.1 Å². The molecular weight excluding hydrogens is 200 g/mol. The van der Waals surface area contributed by atoms with Crippen molar-refractivity contribution in [2.45, 2.75) is 0 Å². The molecule has 84 valence electrons. The molecule has 1 aromatic rings. The van der Waals surface area contributed by atoms with Gasteiger partial charge in [-0.1, -0.05) is 30.4 Å². The Morgan fingerprint density at radius 3 is 2.50 bits per heavy atom. The van der Waals surface area contributed by atoms with E-state index >= 15 is 0 Å². The number of benzene rings is 1. The first kappa shape index (κ1) is 12.0. The number of nitrogens with one attached hydrogen (secondary N) is 1. The van der Waals surface area contributed by atoms with Crippen molar-refractivity contribution in [3.05, 3.63) is 55.6 Å². The quantitative estimate of drug-likeness (QED) is 0.754.